The number of nitrogens with one attached hydrogen (secondary N) is 1. The molecule has 1 aromatic carbocycles. The van der Waals surface area contributed by atoms with E-state index in [0.29, 0.717) is 6.04 Å². The molecule has 20 heavy (non-hydrogen) atoms. The highest BCUT2D eigenvalue weighted by atomic mass is 16.5. The lowest BCUT2D eigenvalue weighted by molar-refractivity contribution is 0.309. The highest BCUT2D eigenvalue weighted by Crippen LogP contribution is 2.34. The second-order valence-electron chi connectivity index (χ2n) is 5.80. The zero-order valence-electron chi connectivity index (χ0n) is 12.7. The first-order valence-corrected chi connectivity index (χ1v) is 7.61. The summed E-state index contributed by atoms with van der Waals surface area (Å²) in [5.41, 5.74) is 4.03. The second kappa shape index (κ2) is 5.49. The van der Waals surface area contributed by atoms with Crippen LogP contribution in [0.1, 0.15) is 31.0 Å². The van der Waals surface area contributed by atoms with Crippen LogP contribution in [0, 0.1) is 0 Å². The van der Waals surface area contributed by atoms with Crippen molar-refractivity contribution in [1.82, 2.24) is 9.88 Å². The van der Waals surface area contributed by atoms with Crippen molar-refractivity contribution in [3.05, 3.63) is 29.5 Å². The fraction of sp³-hybridized carbons (Fsp3) is 0.529. The Morgan fingerprint density at radius 3 is 2.90 bits per heavy atom. The van der Waals surface area contributed by atoms with Crippen LogP contribution in [0.15, 0.2) is 18.2 Å². The predicted molar refractivity (Wildman–Crippen MR) is 83.6 cm³/mol. The Kier molecular flexibility index (Phi) is 3.70. The van der Waals surface area contributed by atoms with Gasteiger partial charge in [-0.3, -0.25) is 0 Å². The van der Waals surface area contributed by atoms with Gasteiger partial charge >= 0.3 is 0 Å². The molecule has 1 saturated heterocycles. The van der Waals surface area contributed by atoms with Crippen molar-refractivity contribution in [1.29, 1.82) is 0 Å². The Morgan fingerprint density at radius 2 is 2.25 bits per heavy atom. The molecule has 3 nitrogen and oxygen atoms in total. The van der Waals surface area contributed by atoms with Gasteiger partial charge in [0.05, 0.1) is 7.11 Å². The number of ether oxygens (including phenoxy) is 1. The van der Waals surface area contributed by atoms with Crippen LogP contribution >= 0.6 is 0 Å². The average molecular weight is 272 g/mol. The molecule has 1 atom stereocenters. The minimum absolute atomic E-state index is 0.671. The van der Waals surface area contributed by atoms with Crippen LogP contribution in [0.25, 0.3) is 10.9 Å². The summed E-state index contributed by atoms with van der Waals surface area (Å²) in [6, 6.07) is 6.95. The molecule has 0 aliphatic carbocycles. The Labute approximate surface area is 120 Å². The van der Waals surface area contributed by atoms with Crippen LogP contribution in [0.5, 0.6) is 5.75 Å². The second-order valence-corrected chi connectivity index (χ2v) is 5.80. The summed E-state index contributed by atoms with van der Waals surface area (Å²) in [5.74, 6) is 0.995. The maximum atomic E-state index is 5.58. The number of hydrogen-bond acceptors (Lipinski definition) is 2. The van der Waals surface area contributed by atoms with Crippen molar-refractivity contribution < 1.29 is 4.74 Å². The van der Waals surface area contributed by atoms with Gasteiger partial charge < -0.3 is 14.6 Å². The zero-order valence-corrected chi connectivity index (χ0v) is 12.7. The summed E-state index contributed by atoms with van der Waals surface area (Å²) in [4.78, 5) is 6.07. The molecule has 108 valence electrons. The highest BCUT2D eigenvalue weighted by molar-refractivity contribution is 5.90. The zero-order chi connectivity index (χ0) is 14.1. The third-order valence-electron chi connectivity index (χ3n) is 4.66. The number of benzene rings is 1. The summed E-state index contributed by atoms with van der Waals surface area (Å²) >= 11 is 0. The van der Waals surface area contributed by atoms with Crippen molar-refractivity contribution in [2.75, 3.05) is 20.7 Å². The first-order chi connectivity index (χ1) is 9.74. The Morgan fingerprint density at radius 1 is 1.40 bits per heavy atom. The van der Waals surface area contributed by atoms with Gasteiger partial charge in [-0.25, -0.2) is 0 Å². The Bertz CT molecular complexity index is 602. The number of nitrogens with zero attached hydrogens (tertiary/aromatic N) is 1. The van der Waals surface area contributed by atoms with Gasteiger partial charge in [0.2, 0.25) is 0 Å². The molecular formula is C17H24N2O. The number of hydrogen-bond donors (Lipinski definition) is 1. The van der Waals surface area contributed by atoms with E-state index in [1.165, 1.54) is 41.5 Å². The Hall–Kier alpha value is -1.48. The van der Waals surface area contributed by atoms with E-state index in [4.69, 9.17) is 4.74 Å². The molecule has 3 heteroatoms. The van der Waals surface area contributed by atoms with Crippen LogP contribution < -0.4 is 4.74 Å². The van der Waals surface area contributed by atoms with Crippen molar-refractivity contribution in [2.24, 2.45) is 0 Å². The predicted octanol–water partition coefficient (Wildman–Crippen LogP) is 3.38. The van der Waals surface area contributed by atoms with Crippen LogP contribution in [0.2, 0.25) is 0 Å². The lowest BCUT2D eigenvalue weighted by atomic mass is 9.99. The van der Waals surface area contributed by atoms with E-state index in [9.17, 15) is 0 Å². The first-order valence-electron chi connectivity index (χ1n) is 7.61. The number of H-pyrrole nitrogens is 1. The molecule has 0 bridgehead atoms. The van der Waals surface area contributed by atoms with E-state index in [2.05, 4.69) is 42.1 Å². The van der Waals surface area contributed by atoms with E-state index < -0.39 is 0 Å². The molecule has 2 heterocycles. The molecule has 0 radical (unpaired) electrons. The van der Waals surface area contributed by atoms with Crippen LogP contribution in [-0.2, 0) is 12.8 Å². The van der Waals surface area contributed by atoms with E-state index >= 15 is 0 Å². The lowest BCUT2D eigenvalue weighted by Gasteiger charge is -2.20. The number of aromatic amines is 1. The van der Waals surface area contributed by atoms with Gasteiger partial charge in [-0.1, -0.05) is 13.0 Å². The van der Waals surface area contributed by atoms with E-state index in [1.807, 2.05) is 0 Å². The first kappa shape index (κ1) is 13.5. The van der Waals surface area contributed by atoms with Crippen LogP contribution in [0.4, 0.5) is 0 Å². The third-order valence-corrected chi connectivity index (χ3v) is 4.66. The molecule has 1 aliphatic heterocycles. The van der Waals surface area contributed by atoms with Gasteiger partial charge in [-0.05, 0) is 57.0 Å². The van der Waals surface area contributed by atoms with E-state index in [0.717, 1.165) is 18.6 Å². The van der Waals surface area contributed by atoms with Gasteiger partial charge in [-0.15, -0.1) is 0 Å². The Balaban J connectivity index is 2.07. The minimum Gasteiger partial charge on any atom is -0.496 e. The number of methoxy groups -OCH3 is 1. The molecule has 0 spiro atoms. The normalized spacial score (nSPS) is 19.9. The topological polar surface area (TPSA) is 28.3 Å². The van der Waals surface area contributed by atoms with Gasteiger partial charge in [0.15, 0.2) is 0 Å². The van der Waals surface area contributed by atoms with Crippen molar-refractivity contribution >= 4 is 10.9 Å². The number of aromatic nitrogens is 1. The third kappa shape index (κ3) is 2.20. The monoisotopic (exact) mass is 272 g/mol. The maximum Gasteiger partial charge on any atom is 0.128 e. The smallest absolute Gasteiger partial charge is 0.128 e. The van der Waals surface area contributed by atoms with E-state index in [1.54, 1.807) is 7.11 Å². The summed E-state index contributed by atoms with van der Waals surface area (Å²) in [5, 5.41) is 1.28. The molecule has 1 aromatic heterocycles. The van der Waals surface area contributed by atoms with Gasteiger partial charge in [0.1, 0.15) is 5.75 Å². The quantitative estimate of drug-likeness (QED) is 0.924. The number of rotatable bonds is 4. The minimum atomic E-state index is 0.671. The number of aryl methyl sites for hydroxylation is 1. The molecule has 3 rings (SSSR count). The lowest BCUT2D eigenvalue weighted by Crippen LogP contribution is -2.27. The standard InChI is InChI=1S/C17H24N2O/c1-4-14-13(11-12-7-6-10-19(12)2)17-15(18-14)8-5-9-16(17)20-3/h5,8-9,12,18H,4,6-7,10-11H2,1-3H3/t12-/m1/s1. The summed E-state index contributed by atoms with van der Waals surface area (Å²) in [6.07, 6.45) is 4.80. The fourth-order valence-electron chi connectivity index (χ4n) is 3.51. The van der Waals surface area contributed by atoms with Gasteiger partial charge in [0.25, 0.3) is 0 Å². The van der Waals surface area contributed by atoms with Crippen molar-refractivity contribution in [3.63, 3.8) is 0 Å². The van der Waals surface area contributed by atoms with E-state index in [-0.39, 0.29) is 0 Å². The fourth-order valence-corrected chi connectivity index (χ4v) is 3.51. The molecule has 1 fully saturated rings. The SMILES string of the molecule is CCc1[nH]c2cccc(OC)c2c1C[C@H]1CCCN1C. The highest BCUT2D eigenvalue weighted by Gasteiger charge is 2.24. The largest absolute Gasteiger partial charge is 0.496 e. The number of fused-ring (bicyclic) bond motifs is 1. The maximum absolute atomic E-state index is 5.58. The van der Waals surface area contributed by atoms with Crippen molar-refractivity contribution in [3.8, 4) is 5.75 Å². The number of likely N-dealkylation sites (tertiary alicyclic amines) is 1. The summed E-state index contributed by atoms with van der Waals surface area (Å²) < 4.78 is 5.58. The molecule has 2 aromatic rings. The van der Waals surface area contributed by atoms with Gasteiger partial charge in [-0.2, -0.15) is 0 Å². The average Bonchev–Trinajstić information content (AvgIpc) is 3.03. The summed E-state index contributed by atoms with van der Waals surface area (Å²) in [7, 11) is 4.01. The molecule has 0 saturated carbocycles. The van der Waals surface area contributed by atoms with Crippen molar-refractivity contribution in [2.45, 2.75) is 38.6 Å². The van der Waals surface area contributed by atoms with Crippen LogP contribution in [0.3, 0.4) is 0 Å². The summed E-state index contributed by atoms with van der Waals surface area (Å²) in [6.45, 7) is 3.45. The molecule has 0 unspecified atom stereocenters. The molecule has 1 N–H and O–H groups in total. The molecule has 0 amide bonds. The van der Waals surface area contributed by atoms with Crippen LogP contribution in [-0.4, -0.2) is 36.6 Å². The van der Waals surface area contributed by atoms with Gasteiger partial charge in [0, 0.05) is 22.6 Å². The molecule has 1 aliphatic rings. The molecular weight excluding hydrogens is 248 g/mol. The number of likely N-dealkylation sites (N-methyl/N-ethyl adjacent to an activating group) is 1.